The molecule has 0 spiro atoms. The fraction of sp³-hybridized carbons (Fsp3) is 0.273. The van der Waals surface area contributed by atoms with E-state index < -0.39 is 0 Å². The molecule has 0 radical (unpaired) electrons. The molecular formula is C11H15NO. The van der Waals surface area contributed by atoms with Crippen molar-refractivity contribution in [3.8, 4) is 5.75 Å². The third kappa shape index (κ3) is 2.25. The predicted octanol–water partition coefficient (Wildman–Crippen LogP) is 2.70. The Balaban J connectivity index is 3.04. The Morgan fingerprint density at radius 3 is 2.77 bits per heavy atom. The van der Waals surface area contributed by atoms with Crippen molar-refractivity contribution in [2.45, 2.75) is 13.8 Å². The molecule has 70 valence electrons. The zero-order chi connectivity index (χ0) is 9.84. The molecule has 0 fully saturated rings. The van der Waals surface area contributed by atoms with Crippen LogP contribution in [0.15, 0.2) is 24.8 Å². The molecule has 0 saturated carbocycles. The van der Waals surface area contributed by atoms with Gasteiger partial charge in [0, 0.05) is 11.3 Å². The average molecular weight is 177 g/mol. The molecule has 0 heterocycles. The number of benzene rings is 1. The first-order valence-corrected chi connectivity index (χ1v) is 4.33. The van der Waals surface area contributed by atoms with E-state index in [0.29, 0.717) is 6.61 Å². The molecule has 2 nitrogen and oxygen atoms in total. The van der Waals surface area contributed by atoms with Crippen molar-refractivity contribution in [2.75, 3.05) is 12.3 Å². The van der Waals surface area contributed by atoms with Crippen LogP contribution >= 0.6 is 0 Å². The maximum atomic E-state index is 5.77. The van der Waals surface area contributed by atoms with Crippen molar-refractivity contribution >= 4 is 11.3 Å². The fourth-order valence-corrected chi connectivity index (χ4v) is 1.16. The number of allylic oxidation sites excluding steroid dienone is 1. The van der Waals surface area contributed by atoms with E-state index in [4.69, 9.17) is 10.5 Å². The van der Waals surface area contributed by atoms with E-state index in [-0.39, 0.29) is 0 Å². The van der Waals surface area contributed by atoms with Crippen LogP contribution in [0.25, 0.3) is 5.57 Å². The first-order chi connectivity index (χ1) is 6.15. The number of rotatable bonds is 3. The van der Waals surface area contributed by atoms with E-state index in [1.165, 1.54) is 0 Å². The van der Waals surface area contributed by atoms with Gasteiger partial charge < -0.3 is 10.5 Å². The molecule has 1 rings (SSSR count). The molecule has 0 aromatic heterocycles. The van der Waals surface area contributed by atoms with E-state index in [2.05, 4.69) is 6.58 Å². The molecule has 0 aliphatic rings. The first-order valence-electron chi connectivity index (χ1n) is 4.33. The van der Waals surface area contributed by atoms with Gasteiger partial charge in [0.2, 0.25) is 0 Å². The lowest BCUT2D eigenvalue weighted by atomic mass is 10.1. The lowest BCUT2D eigenvalue weighted by Crippen LogP contribution is -1.95. The number of nitrogens with two attached hydrogens (primary N) is 1. The van der Waals surface area contributed by atoms with E-state index in [9.17, 15) is 0 Å². The Morgan fingerprint density at radius 2 is 2.23 bits per heavy atom. The summed E-state index contributed by atoms with van der Waals surface area (Å²) < 4.78 is 5.36. The highest BCUT2D eigenvalue weighted by molar-refractivity contribution is 5.73. The van der Waals surface area contributed by atoms with Gasteiger partial charge in [0.1, 0.15) is 5.75 Å². The van der Waals surface area contributed by atoms with Gasteiger partial charge in [0.25, 0.3) is 0 Å². The highest BCUT2D eigenvalue weighted by Gasteiger charge is 2.01. The van der Waals surface area contributed by atoms with E-state index in [1.807, 2.05) is 32.0 Å². The van der Waals surface area contributed by atoms with Crippen LogP contribution in [-0.2, 0) is 0 Å². The van der Waals surface area contributed by atoms with Gasteiger partial charge in [-0.05, 0) is 37.6 Å². The van der Waals surface area contributed by atoms with Crippen molar-refractivity contribution in [3.05, 3.63) is 30.3 Å². The van der Waals surface area contributed by atoms with Crippen LogP contribution < -0.4 is 10.5 Å². The average Bonchev–Trinajstić information content (AvgIpc) is 2.08. The van der Waals surface area contributed by atoms with Crippen molar-refractivity contribution in [1.82, 2.24) is 0 Å². The summed E-state index contributed by atoms with van der Waals surface area (Å²) in [6.45, 7) is 8.41. The minimum absolute atomic E-state index is 0.666. The Hall–Kier alpha value is -1.44. The maximum Gasteiger partial charge on any atom is 0.120 e. The van der Waals surface area contributed by atoms with Crippen molar-refractivity contribution < 1.29 is 4.74 Å². The number of ether oxygens (including phenoxy) is 1. The van der Waals surface area contributed by atoms with Crippen molar-refractivity contribution in [3.63, 3.8) is 0 Å². The van der Waals surface area contributed by atoms with Gasteiger partial charge >= 0.3 is 0 Å². The maximum absolute atomic E-state index is 5.77. The largest absolute Gasteiger partial charge is 0.494 e. The second-order valence-corrected chi connectivity index (χ2v) is 2.96. The summed E-state index contributed by atoms with van der Waals surface area (Å²) in [6, 6.07) is 5.63. The van der Waals surface area contributed by atoms with Crippen LogP contribution in [0.2, 0.25) is 0 Å². The van der Waals surface area contributed by atoms with Gasteiger partial charge in [0.05, 0.1) is 6.61 Å². The SMILES string of the molecule is C=C(C)c1cc(OCC)ccc1N. The summed E-state index contributed by atoms with van der Waals surface area (Å²) in [6.07, 6.45) is 0. The van der Waals surface area contributed by atoms with Gasteiger partial charge in [-0.15, -0.1) is 0 Å². The molecule has 0 aliphatic carbocycles. The quantitative estimate of drug-likeness (QED) is 0.720. The normalized spacial score (nSPS) is 9.69. The van der Waals surface area contributed by atoms with Crippen LogP contribution in [0.4, 0.5) is 5.69 Å². The Labute approximate surface area is 79.0 Å². The van der Waals surface area contributed by atoms with Gasteiger partial charge in [-0.2, -0.15) is 0 Å². The molecule has 0 unspecified atom stereocenters. The molecule has 1 aromatic carbocycles. The molecule has 0 amide bonds. The van der Waals surface area contributed by atoms with Crippen LogP contribution in [0.5, 0.6) is 5.75 Å². The monoisotopic (exact) mass is 177 g/mol. The predicted molar refractivity (Wildman–Crippen MR) is 56.7 cm³/mol. The molecule has 0 saturated heterocycles. The molecule has 1 aromatic rings. The summed E-state index contributed by atoms with van der Waals surface area (Å²) in [5, 5.41) is 0. The number of hydrogen-bond donors (Lipinski definition) is 1. The number of anilines is 1. The standard InChI is InChI=1S/C11H15NO/c1-4-13-9-5-6-11(12)10(7-9)8(2)3/h5-7H,2,4,12H2,1,3H3. The van der Waals surface area contributed by atoms with Crippen molar-refractivity contribution in [1.29, 1.82) is 0 Å². The van der Waals surface area contributed by atoms with Crippen LogP contribution in [-0.4, -0.2) is 6.61 Å². The van der Waals surface area contributed by atoms with Gasteiger partial charge in [-0.1, -0.05) is 6.58 Å². The topological polar surface area (TPSA) is 35.2 Å². The Kier molecular flexibility index (Phi) is 2.96. The molecule has 2 heteroatoms. The molecule has 0 atom stereocenters. The lowest BCUT2D eigenvalue weighted by molar-refractivity contribution is 0.340. The summed E-state index contributed by atoms with van der Waals surface area (Å²) in [5.74, 6) is 0.842. The zero-order valence-corrected chi connectivity index (χ0v) is 8.13. The molecule has 0 bridgehead atoms. The fourth-order valence-electron chi connectivity index (χ4n) is 1.16. The van der Waals surface area contributed by atoms with Crippen LogP contribution in [0, 0.1) is 0 Å². The molecule has 2 N–H and O–H groups in total. The Morgan fingerprint density at radius 1 is 1.54 bits per heavy atom. The number of hydrogen-bond acceptors (Lipinski definition) is 2. The summed E-state index contributed by atoms with van der Waals surface area (Å²) in [4.78, 5) is 0. The van der Waals surface area contributed by atoms with E-state index >= 15 is 0 Å². The van der Waals surface area contributed by atoms with Crippen LogP contribution in [0.1, 0.15) is 19.4 Å². The minimum atomic E-state index is 0.666. The molecule has 13 heavy (non-hydrogen) atoms. The molecule has 0 aliphatic heterocycles. The van der Waals surface area contributed by atoms with Crippen LogP contribution in [0.3, 0.4) is 0 Å². The van der Waals surface area contributed by atoms with Gasteiger partial charge in [0.15, 0.2) is 0 Å². The smallest absolute Gasteiger partial charge is 0.120 e. The zero-order valence-electron chi connectivity index (χ0n) is 8.13. The lowest BCUT2D eigenvalue weighted by Gasteiger charge is -2.08. The summed E-state index contributed by atoms with van der Waals surface area (Å²) in [5.41, 5.74) is 8.44. The first kappa shape index (κ1) is 9.65. The third-order valence-electron chi connectivity index (χ3n) is 1.80. The number of nitrogen functional groups attached to an aromatic ring is 1. The van der Waals surface area contributed by atoms with Gasteiger partial charge in [-0.3, -0.25) is 0 Å². The highest BCUT2D eigenvalue weighted by Crippen LogP contribution is 2.24. The summed E-state index contributed by atoms with van der Waals surface area (Å²) >= 11 is 0. The van der Waals surface area contributed by atoms with E-state index in [0.717, 1.165) is 22.6 Å². The highest BCUT2D eigenvalue weighted by atomic mass is 16.5. The third-order valence-corrected chi connectivity index (χ3v) is 1.80. The van der Waals surface area contributed by atoms with Gasteiger partial charge in [-0.25, -0.2) is 0 Å². The Bertz CT molecular complexity index is 318. The summed E-state index contributed by atoms with van der Waals surface area (Å²) in [7, 11) is 0. The second-order valence-electron chi connectivity index (χ2n) is 2.96. The van der Waals surface area contributed by atoms with E-state index in [1.54, 1.807) is 0 Å². The minimum Gasteiger partial charge on any atom is -0.494 e. The van der Waals surface area contributed by atoms with Crippen molar-refractivity contribution in [2.24, 2.45) is 0 Å². The molecular weight excluding hydrogens is 162 g/mol. The second kappa shape index (κ2) is 3.99.